The summed E-state index contributed by atoms with van der Waals surface area (Å²) in [4.78, 5) is 39.0. The summed E-state index contributed by atoms with van der Waals surface area (Å²) < 4.78 is 11.8. The number of carbonyl (C=O) groups is 3. The number of ether oxygens (including phenoxy) is 2. The second-order valence-electron chi connectivity index (χ2n) is 9.98. The summed E-state index contributed by atoms with van der Waals surface area (Å²) in [6.45, 7) is 6.44. The summed E-state index contributed by atoms with van der Waals surface area (Å²) in [6, 6.07) is 8.02. The van der Waals surface area contributed by atoms with Gasteiger partial charge in [-0.05, 0) is 70.7 Å². The fraction of sp³-hybridized carbons (Fsp3) is 0.556. The Morgan fingerprint density at radius 2 is 1.72 bits per heavy atom. The van der Waals surface area contributed by atoms with Gasteiger partial charge < -0.3 is 19.7 Å². The molecule has 1 saturated carbocycles. The summed E-state index contributed by atoms with van der Waals surface area (Å²) in [6.07, 6.45) is 9.70. The number of hydrogen-bond acceptors (Lipinski definition) is 7. The van der Waals surface area contributed by atoms with Crippen LogP contribution in [0.4, 0.5) is 4.79 Å². The maximum atomic E-state index is 12.3. The van der Waals surface area contributed by atoms with Crippen LogP contribution in [0.5, 0.6) is 5.88 Å². The Balaban J connectivity index is 1.20. The van der Waals surface area contributed by atoms with Gasteiger partial charge in [0.25, 0.3) is 0 Å². The Kier molecular flexibility index (Phi) is 8.74. The van der Waals surface area contributed by atoms with Crippen LogP contribution in [0.3, 0.4) is 0 Å². The minimum Gasteiger partial charge on any atom is -0.404 e. The number of hydrogen-bond donors (Lipinski definition) is 1. The van der Waals surface area contributed by atoms with E-state index >= 15 is 0 Å². The highest BCUT2D eigenvalue weighted by Crippen LogP contribution is 2.29. The molecular formula is C27H36N4O5. The van der Waals surface area contributed by atoms with Crippen molar-refractivity contribution < 1.29 is 23.9 Å². The lowest BCUT2D eigenvalue weighted by molar-refractivity contribution is -0.133. The van der Waals surface area contributed by atoms with Crippen LogP contribution in [0.15, 0.2) is 36.4 Å². The van der Waals surface area contributed by atoms with Crippen molar-refractivity contribution in [3.63, 3.8) is 0 Å². The van der Waals surface area contributed by atoms with E-state index in [-0.39, 0.29) is 6.04 Å². The molecule has 0 unspecified atom stereocenters. The second kappa shape index (κ2) is 12.2. The molecular weight excluding hydrogens is 460 g/mol. The molecule has 9 nitrogen and oxygen atoms in total. The van der Waals surface area contributed by atoms with E-state index in [2.05, 4.69) is 15.3 Å². The van der Waals surface area contributed by atoms with Gasteiger partial charge in [-0.3, -0.25) is 0 Å². The van der Waals surface area contributed by atoms with Gasteiger partial charge in [0.2, 0.25) is 5.88 Å². The predicted octanol–water partition coefficient (Wildman–Crippen LogP) is 4.38. The van der Waals surface area contributed by atoms with Gasteiger partial charge in [-0.25, -0.2) is 19.1 Å². The molecule has 9 heteroatoms. The normalized spacial score (nSPS) is 18.1. The number of likely N-dealkylation sites (tertiary alicyclic amines) is 1. The van der Waals surface area contributed by atoms with Crippen LogP contribution in [-0.4, -0.2) is 58.4 Å². The van der Waals surface area contributed by atoms with Crippen molar-refractivity contribution in [2.75, 3.05) is 19.6 Å². The lowest BCUT2D eigenvalue weighted by Gasteiger charge is -2.39. The highest BCUT2D eigenvalue weighted by molar-refractivity contribution is 5.97. The van der Waals surface area contributed by atoms with E-state index in [0.29, 0.717) is 29.2 Å². The number of nitrogens with zero attached hydrogens (tertiary/aromatic N) is 3. The van der Waals surface area contributed by atoms with E-state index in [1.165, 1.54) is 32.1 Å². The zero-order valence-corrected chi connectivity index (χ0v) is 21.2. The van der Waals surface area contributed by atoms with E-state index in [1.54, 1.807) is 4.68 Å². The van der Waals surface area contributed by atoms with E-state index in [4.69, 9.17) is 9.47 Å². The van der Waals surface area contributed by atoms with Gasteiger partial charge in [-0.2, -0.15) is 5.10 Å². The summed E-state index contributed by atoms with van der Waals surface area (Å²) in [5.74, 6) is -1.02. The SMILES string of the molecule is CC(C)n1nc2ccccc2c1OC(=O)/C=C/C(=O)OC(=O)NCC1CCN(C2CCCCC2)CC1. The highest BCUT2D eigenvalue weighted by Gasteiger charge is 2.26. The molecule has 1 aromatic heterocycles. The molecule has 1 N–H and O–H groups in total. The minimum atomic E-state index is -0.932. The van der Waals surface area contributed by atoms with Crippen LogP contribution in [-0.2, 0) is 14.3 Å². The summed E-state index contributed by atoms with van der Waals surface area (Å²) in [5.41, 5.74) is 0.703. The van der Waals surface area contributed by atoms with E-state index in [9.17, 15) is 14.4 Å². The van der Waals surface area contributed by atoms with E-state index in [1.807, 2.05) is 38.1 Å². The van der Waals surface area contributed by atoms with Gasteiger partial charge in [0.1, 0.15) is 0 Å². The minimum absolute atomic E-state index is 0.0302. The molecule has 4 rings (SSSR count). The number of amides is 1. The average Bonchev–Trinajstić information content (AvgIpc) is 3.26. The quantitative estimate of drug-likeness (QED) is 0.345. The molecule has 0 radical (unpaired) electrons. The van der Waals surface area contributed by atoms with Crippen LogP contribution < -0.4 is 10.1 Å². The van der Waals surface area contributed by atoms with Gasteiger partial charge in [-0.1, -0.05) is 31.4 Å². The van der Waals surface area contributed by atoms with Crippen LogP contribution in [0.2, 0.25) is 0 Å². The number of aromatic nitrogens is 2. The van der Waals surface area contributed by atoms with Crippen molar-refractivity contribution in [3.05, 3.63) is 36.4 Å². The molecule has 194 valence electrons. The smallest absolute Gasteiger partial charge is 0.404 e. The number of nitrogens with one attached hydrogen (secondary N) is 1. The molecule has 0 spiro atoms. The van der Waals surface area contributed by atoms with Crippen LogP contribution >= 0.6 is 0 Å². The van der Waals surface area contributed by atoms with Crippen molar-refractivity contribution in [1.82, 2.24) is 20.0 Å². The zero-order valence-electron chi connectivity index (χ0n) is 21.2. The molecule has 1 saturated heterocycles. The lowest BCUT2D eigenvalue weighted by atomic mass is 9.90. The predicted molar refractivity (Wildman–Crippen MR) is 136 cm³/mol. The van der Waals surface area contributed by atoms with Gasteiger partial charge in [0.15, 0.2) is 0 Å². The first-order chi connectivity index (χ1) is 17.4. The molecule has 2 heterocycles. The molecule has 1 aliphatic heterocycles. The van der Waals surface area contributed by atoms with Crippen LogP contribution in [0, 0.1) is 5.92 Å². The van der Waals surface area contributed by atoms with Crippen molar-refractivity contribution in [2.45, 2.75) is 70.9 Å². The van der Waals surface area contributed by atoms with E-state index < -0.39 is 18.0 Å². The standard InChI is InChI=1S/C27H36N4O5/c1-19(2)31-26(22-10-6-7-11-23(22)29-31)35-24(32)12-13-25(33)36-27(34)28-18-20-14-16-30(17-15-20)21-8-4-3-5-9-21/h6-7,10-13,19-21H,3-5,8-9,14-18H2,1-2H3,(H,28,34)/b13-12+. The zero-order chi connectivity index (χ0) is 25.5. The van der Waals surface area contributed by atoms with Crippen LogP contribution in [0.1, 0.15) is 64.8 Å². The Bertz CT molecular complexity index is 1090. The maximum Gasteiger partial charge on any atom is 0.415 e. The monoisotopic (exact) mass is 496 g/mol. The summed E-state index contributed by atoms with van der Waals surface area (Å²) >= 11 is 0. The molecule has 1 aromatic carbocycles. The van der Waals surface area contributed by atoms with Crippen molar-refractivity contribution in [2.24, 2.45) is 5.92 Å². The molecule has 2 aliphatic rings. The first-order valence-electron chi connectivity index (χ1n) is 13.0. The topological polar surface area (TPSA) is 103 Å². The summed E-state index contributed by atoms with van der Waals surface area (Å²) in [7, 11) is 0. The molecule has 36 heavy (non-hydrogen) atoms. The van der Waals surface area contributed by atoms with Crippen molar-refractivity contribution >= 4 is 28.9 Å². The largest absolute Gasteiger partial charge is 0.415 e. The molecule has 1 aliphatic carbocycles. The molecule has 1 amide bonds. The van der Waals surface area contributed by atoms with Crippen molar-refractivity contribution in [1.29, 1.82) is 0 Å². The Hall–Kier alpha value is -3.20. The number of benzene rings is 1. The highest BCUT2D eigenvalue weighted by atomic mass is 16.6. The Labute approximate surface area is 211 Å². The third kappa shape index (κ3) is 6.72. The Morgan fingerprint density at radius 1 is 1.03 bits per heavy atom. The Morgan fingerprint density at radius 3 is 2.44 bits per heavy atom. The summed E-state index contributed by atoms with van der Waals surface area (Å²) in [5, 5.41) is 7.83. The fourth-order valence-electron chi connectivity index (χ4n) is 5.10. The van der Waals surface area contributed by atoms with Gasteiger partial charge >= 0.3 is 18.0 Å². The molecule has 0 bridgehead atoms. The molecule has 0 atom stereocenters. The maximum absolute atomic E-state index is 12.3. The van der Waals surface area contributed by atoms with E-state index in [0.717, 1.165) is 44.1 Å². The number of piperidine rings is 1. The van der Waals surface area contributed by atoms with Crippen LogP contribution in [0.25, 0.3) is 10.9 Å². The average molecular weight is 497 g/mol. The second-order valence-corrected chi connectivity index (χ2v) is 9.98. The molecule has 2 fully saturated rings. The first kappa shape index (κ1) is 25.9. The fourth-order valence-corrected chi connectivity index (χ4v) is 5.10. The third-order valence-electron chi connectivity index (χ3n) is 7.07. The molecule has 2 aromatic rings. The van der Waals surface area contributed by atoms with Gasteiger partial charge in [-0.15, -0.1) is 0 Å². The number of fused-ring (bicyclic) bond motifs is 1. The number of alkyl carbamates (subject to hydrolysis) is 1. The van der Waals surface area contributed by atoms with Crippen molar-refractivity contribution in [3.8, 4) is 5.88 Å². The number of carbonyl (C=O) groups excluding carboxylic acids is 3. The third-order valence-corrected chi connectivity index (χ3v) is 7.07. The number of rotatable bonds is 7. The number of esters is 2. The first-order valence-corrected chi connectivity index (χ1v) is 13.0. The van der Waals surface area contributed by atoms with Gasteiger partial charge in [0.05, 0.1) is 16.9 Å². The van der Waals surface area contributed by atoms with Gasteiger partial charge in [0, 0.05) is 24.7 Å². The lowest BCUT2D eigenvalue weighted by Crippen LogP contribution is -2.44.